The first-order valence-electron chi connectivity index (χ1n) is 4.06. The van der Waals surface area contributed by atoms with Crippen molar-refractivity contribution in [2.75, 3.05) is 0 Å². The van der Waals surface area contributed by atoms with Crippen LogP contribution in [0.2, 0.25) is 0 Å². The third-order valence-electron chi connectivity index (χ3n) is 1.79. The maximum Gasteiger partial charge on any atom is 0.200 e. The number of nitrogens with two attached hydrogens (primary N) is 2. The smallest absolute Gasteiger partial charge is 0.200 e. The lowest BCUT2D eigenvalue weighted by Crippen LogP contribution is -2.11. The Morgan fingerprint density at radius 3 is 1.76 bits per heavy atom. The Bertz CT molecular complexity index is 448. The molecule has 3 nitrogen and oxygen atoms in total. The molecule has 0 aliphatic heterocycles. The van der Waals surface area contributed by atoms with Crippen LogP contribution in [0.4, 0.5) is 22.0 Å². The molecule has 1 rings (SSSR count). The Labute approximate surface area is 96.7 Å². The van der Waals surface area contributed by atoms with Crippen LogP contribution in [0.15, 0.2) is 5.10 Å². The zero-order valence-electron chi connectivity index (χ0n) is 8.11. The monoisotopic (exact) mass is 271 g/mol. The van der Waals surface area contributed by atoms with Gasteiger partial charge in [-0.05, 0) is 0 Å². The second-order valence-corrected chi connectivity index (χ2v) is 3.80. The first-order valence-corrected chi connectivity index (χ1v) is 5.05. The summed E-state index contributed by atoms with van der Waals surface area (Å²) in [6, 6.07) is 0. The second kappa shape index (κ2) is 5.21. The summed E-state index contributed by atoms with van der Waals surface area (Å²) < 4.78 is 64.4. The highest BCUT2D eigenvalue weighted by Gasteiger charge is 2.25. The van der Waals surface area contributed by atoms with Crippen LogP contribution in [-0.4, -0.2) is 5.17 Å². The standard InChI is InChI=1S/C8H6F5N3S/c9-3-2(1-17-8(14)16-15)4(10)6(12)7(13)5(3)11/h1,15H2,(H2,14,16). The van der Waals surface area contributed by atoms with E-state index in [0.717, 1.165) is 0 Å². The van der Waals surface area contributed by atoms with E-state index >= 15 is 0 Å². The molecule has 1 aromatic carbocycles. The lowest BCUT2D eigenvalue weighted by molar-refractivity contribution is 0.372. The highest BCUT2D eigenvalue weighted by atomic mass is 32.2. The van der Waals surface area contributed by atoms with E-state index in [2.05, 4.69) is 5.10 Å². The molecule has 9 heteroatoms. The van der Waals surface area contributed by atoms with E-state index < -0.39 is 40.4 Å². The predicted octanol–water partition coefficient (Wildman–Crippen LogP) is 1.80. The van der Waals surface area contributed by atoms with E-state index in [9.17, 15) is 22.0 Å². The second-order valence-electron chi connectivity index (χ2n) is 2.80. The summed E-state index contributed by atoms with van der Waals surface area (Å²) in [7, 11) is 0. The fraction of sp³-hybridized carbons (Fsp3) is 0.125. The number of benzene rings is 1. The number of amidine groups is 1. The van der Waals surface area contributed by atoms with Crippen molar-refractivity contribution in [3.63, 3.8) is 0 Å². The van der Waals surface area contributed by atoms with Gasteiger partial charge in [0.1, 0.15) is 0 Å². The molecule has 0 unspecified atom stereocenters. The average Bonchev–Trinajstić information content (AvgIpc) is 2.33. The van der Waals surface area contributed by atoms with E-state index in [1.807, 2.05) is 0 Å². The van der Waals surface area contributed by atoms with E-state index in [-0.39, 0.29) is 5.17 Å². The van der Waals surface area contributed by atoms with E-state index in [1.54, 1.807) is 0 Å². The third-order valence-corrected chi connectivity index (χ3v) is 2.63. The largest absolute Gasteiger partial charge is 0.377 e. The van der Waals surface area contributed by atoms with Crippen molar-refractivity contribution in [1.82, 2.24) is 0 Å². The molecule has 17 heavy (non-hydrogen) atoms. The van der Waals surface area contributed by atoms with E-state index in [4.69, 9.17) is 11.6 Å². The van der Waals surface area contributed by atoms with Gasteiger partial charge in [-0.3, -0.25) is 0 Å². The van der Waals surface area contributed by atoms with Crippen LogP contribution in [0.3, 0.4) is 0 Å². The molecule has 0 radical (unpaired) electrons. The highest BCUT2D eigenvalue weighted by molar-refractivity contribution is 8.13. The zero-order chi connectivity index (χ0) is 13.2. The SMILES string of the molecule is NN=C(N)SCc1c(F)c(F)c(F)c(F)c1F. The number of halogens is 5. The molecule has 0 aliphatic rings. The molecule has 94 valence electrons. The van der Waals surface area contributed by atoms with E-state index in [1.165, 1.54) is 0 Å². The Morgan fingerprint density at radius 1 is 0.941 bits per heavy atom. The van der Waals surface area contributed by atoms with Crippen molar-refractivity contribution < 1.29 is 22.0 Å². The van der Waals surface area contributed by atoms with Gasteiger partial charge in [-0.2, -0.15) is 5.10 Å². The summed E-state index contributed by atoms with van der Waals surface area (Å²) in [4.78, 5) is 0. The van der Waals surface area contributed by atoms with Crippen molar-refractivity contribution in [1.29, 1.82) is 0 Å². The molecule has 0 aliphatic carbocycles. The molecular weight excluding hydrogens is 265 g/mol. The van der Waals surface area contributed by atoms with Crippen LogP contribution in [0.5, 0.6) is 0 Å². The van der Waals surface area contributed by atoms with Gasteiger partial charge in [-0.1, -0.05) is 11.8 Å². The van der Waals surface area contributed by atoms with Crippen molar-refractivity contribution in [3.8, 4) is 0 Å². The number of thioether (sulfide) groups is 1. The minimum absolute atomic E-state index is 0.242. The maximum atomic E-state index is 13.1. The van der Waals surface area contributed by atoms with E-state index in [0.29, 0.717) is 11.8 Å². The van der Waals surface area contributed by atoms with Gasteiger partial charge < -0.3 is 11.6 Å². The highest BCUT2D eigenvalue weighted by Crippen LogP contribution is 2.26. The van der Waals surface area contributed by atoms with Crippen LogP contribution in [-0.2, 0) is 5.75 Å². The third kappa shape index (κ3) is 2.60. The van der Waals surface area contributed by atoms with Gasteiger partial charge in [0.15, 0.2) is 28.4 Å². The van der Waals surface area contributed by atoms with Gasteiger partial charge in [0.05, 0.1) is 0 Å². The fourth-order valence-corrected chi connectivity index (χ4v) is 1.58. The topological polar surface area (TPSA) is 64.4 Å². The number of hydrogen-bond donors (Lipinski definition) is 2. The summed E-state index contributed by atoms with van der Waals surface area (Å²) in [6.45, 7) is 0. The molecule has 4 N–H and O–H groups in total. The Kier molecular flexibility index (Phi) is 4.16. The first kappa shape index (κ1) is 13.6. The lowest BCUT2D eigenvalue weighted by atomic mass is 10.2. The van der Waals surface area contributed by atoms with Gasteiger partial charge in [-0.15, -0.1) is 0 Å². The lowest BCUT2D eigenvalue weighted by Gasteiger charge is -2.07. The number of hydrogen-bond acceptors (Lipinski definition) is 3. The average molecular weight is 271 g/mol. The van der Waals surface area contributed by atoms with Gasteiger partial charge in [0.2, 0.25) is 5.82 Å². The van der Waals surface area contributed by atoms with Crippen LogP contribution < -0.4 is 11.6 Å². The van der Waals surface area contributed by atoms with Crippen molar-refractivity contribution in [2.45, 2.75) is 5.75 Å². The first-order chi connectivity index (χ1) is 7.90. The molecule has 0 fully saturated rings. The van der Waals surface area contributed by atoms with Gasteiger partial charge in [0.25, 0.3) is 0 Å². The maximum absolute atomic E-state index is 13.1. The summed E-state index contributed by atoms with van der Waals surface area (Å²) in [5.74, 6) is -5.80. The molecule has 0 spiro atoms. The van der Waals surface area contributed by atoms with Crippen molar-refractivity contribution in [3.05, 3.63) is 34.6 Å². The molecule has 1 aromatic rings. The summed E-state index contributed by atoms with van der Waals surface area (Å²) in [6.07, 6.45) is 0. The van der Waals surface area contributed by atoms with Crippen molar-refractivity contribution in [2.24, 2.45) is 16.7 Å². The molecule has 0 bridgehead atoms. The molecule has 0 aromatic heterocycles. The summed E-state index contributed by atoms with van der Waals surface area (Å²) in [5.41, 5.74) is 4.13. The predicted molar refractivity (Wildman–Crippen MR) is 53.3 cm³/mol. The van der Waals surface area contributed by atoms with Crippen LogP contribution >= 0.6 is 11.8 Å². The zero-order valence-corrected chi connectivity index (χ0v) is 8.92. The molecule has 0 saturated carbocycles. The van der Waals surface area contributed by atoms with Crippen molar-refractivity contribution >= 4 is 16.9 Å². The minimum atomic E-state index is -2.20. The molecule has 0 saturated heterocycles. The van der Waals surface area contributed by atoms with Crippen LogP contribution in [0.25, 0.3) is 0 Å². The summed E-state index contributed by atoms with van der Waals surface area (Å²) in [5, 5.41) is 2.73. The normalized spacial score (nSPS) is 11.9. The molecule has 0 heterocycles. The number of nitrogens with zero attached hydrogens (tertiary/aromatic N) is 1. The van der Waals surface area contributed by atoms with Crippen LogP contribution in [0, 0.1) is 29.1 Å². The number of hydrazone groups is 1. The summed E-state index contributed by atoms with van der Waals surface area (Å²) >= 11 is 0.548. The molecule has 0 amide bonds. The Morgan fingerprint density at radius 2 is 1.35 bits per heavy atom. The quantitative estimate of drug-likeness (QED) is 0.164. The fourth-order valence-electron chi connectivity index (χ4n) is 0.960. The van der Waals surface area contributed by atoms with Gasteiger partial charge in [-0.25, -0.2) is 22.0 Å². The van der Waals surface area contributed by atoms with Gasteiger partial charge in [0, 0.05) is 11.3 Å². The van der Waals surface area contributed by atoms with Crippen LogP contribution in [0.1, 0.15) is 5.56 Å². The Balaban J connectivity index is 3.16. The van der Waals surface area contributed by atoms with Gasteiger partial charge >= 0.3 is 0 Å². The molecule has 0 atom stereocenters. The number of rotatable bonds is 2. The Hall–Kier alpha value is -1.51. The minimum Gasteiger partial charge on any atom is -0.377 e. The molecular formula is C8H6F5N3S.